The average molecular weight is 523 g/mol. The van der Waals surface area contributed by atoms with Crippen LogP contribution in [0.1, 0.15) is 66.0 Å². The number of amides is 2. The molecule has 7 heteroatoms. The molecule has 1 atom stereocenters. The quantitative estimate of drug-likeness (QED) is 0.331. The molecular weight excluding hydrogens is 487 g/mol. The molecule has 1 aliphatic heterocycles. The maximum Gasteiger partial charge on any atom is 0.257 e. The van der Waals surface area contributed by atoms with E-state index in [-0.39, 0.29) is 30.0 Å². The Labute approximate surface area is 222 Å². The van der Waals surface area contributed by atoms with Crippen LogP contribution in [0.15, 0.2) is 60.0 Å². The van der Waals surface area contributed by atoms with E-state index in [0.29, 0.717) is 25.6 Å². The normalized spacial score (nSPS) is 15.1. The Morgan fingerprint density at radius 3 is 2.49 bits per heavy atom. The van der Waals surface area contributed by atoms with Gasteiger partial charge in [-0.05, 0) is 65.1 Å². The van der Waals surface area contributed by atoms with E-state index >= 15 is 0 Å². The van der Waals surface area contributed by atoms with Gasteiger partial charge in [0.2, 0.25) is 5.91 Å². The van der Waals surface area contributed by atoms with Crippen molar-refractivity contribution in [1.82, 2.24) is 9.80 Å². The zero-order valence-corrected chi connectivity index (χ0v) is 22.8. The fourth-order valence-electron chi connectivity index (χ4n) is 4.72. The van der Waals surface area contributed by atoms with E-state index in [9.17, 15) is 14.0 Å². The minimum Gasteiger partial charge on any atom is -0.491 e. The maximum absolute atomic E-state index is 14.4. The molecule has 0 fully saturated rings. The van der Waals surface area contributed by atoms with Gasteiger partial charge in [-0.1, -0.05) is 52.0 Å². The SMILES string of the molecule is CC(C)CN(CC(=O)N1CCc2sccc2C1COc1ccc(C(C)C)cc1)C(=O)c1ccccc1F. The fourth-order valence-corrected chi connectivity index (χ4v) is 5.65. The summed E-state index contributed by atoms with van der Waals surface area (Å²) in [5.74, 6) is 0.119. The standard InChI is InChI=1S/C30H35FN2O3S/c1-20(2)17-32(30(35)24-7-5-6-8-26(24)31)18-29(34)33-15-13-28-25(14-16-37-28)27(33)19-36-23-11-9-22(10-12-23)21(3)4/h5-12,14,16,20-21,27H,13,15,17-19H2,1-4H3. The fraction of sp³-hybridized carbons (Fsp3) is 0.400. The lowest BCUT2D eigenvalue weighted by Gasteiger charge is -2.37. The van der Waals surface area contributed by atoms with Gasteiger partial charge in [-0.2, -0.15) is 0 Å². The van der Waals surface area contributed by atoms with Crippen molar-refractivity contribution in [3.8, 4) is 5.75 Å². The molecule has 2 heterocycles. The number of carbonyl (C=O) groups is 2. The number of hydrogen-bond acceptors (Lipinski definition) is 4. The summed E-state index contributed by atoms with van der Waals surface area (Å²) in [4.78, 5) is 31.5. The molecule has 0 bridgehead atoms. The van der Waals surface area contributed by atoms with Gasteiger partial charge in [0.1, 0.15) is 24.7 Å². The van der Waals surface area contributed by atoms with E-state index in [1.165, 1.54) is 27.5 Å². The van der Waals surface area contributed by atoms with Crippen LogP contribution in [-0.2, 0) is 11.2 Å². The molecule has 0 N–H and O–H groups in total. The highest BCUT2D eigenvalue weighted by Crippen LogP contribution is 2.34. The van der Waals surface area contributed by atoms with E-state index in [0.717, 1.165) is 17.7 Å². The summed E-state index contributed by atoms with van der Waals surface area (Å²) in [6.45, 7) is 9.39. The molecule has 4 rings (SSSR count). The Balaban J connectivity index is 1.53. The molecule has 1 aromatic heterocycles. The zero-order valence-electron chi connectivity index (χ0n) is 21.9. The summed E-state index contributed by atoms with van der Waals surface area (Å²) in [6, 6.07) is 15.8. The molecule has 0 saturated carbocycles. The molecule has 37 heavy (non-hydrogen) atoms. The van der Waals surface area contributed by atoms with Crippen molar-refractivity contribution in [3.63, 3.8) is 0 Å². The van der Waals surface area contributed by atoms with Crippen LogP contribution in [0.3, 0.4) is 0 Å². The van der Waals surface area contributed by atoms with Crippen molar-refractivity contribution in [2.45, 2.75) is 46.1 Å². The van der Waals surface area contributed by atoms with Gasteiger partial charge in [0, 0.05) is 18.0 Å². The lowest BCUT2D eigenvalue weighted by molar-refractivity contribution is -0.135. The molecular formula is C30H35FN2O3S. The predicted octanol–water partition coefficient (Wildman–Crippen LogP) is 6.31. The third-order valence-corrected chi connectivity index (χ3v) is 7.67. The minimum atomic E-state index is -0.579. The van der Waals surface area contributed by atoms with E-state index in [2.05, 4.69) is 37.4 Å². The largest absolute Gasteiger partial charge is 0.491 e. The van der Waals surface area contributed by atoms with Crippen LogP contribution in [0, 0.1) is 11.7 Å². The van der Waals surface area contributed by atoms with Crippen LogP contribution in [0.4, 0.5) is 4.39 Å². The molecule has 2 amide bonds. The van der Waals surface area contributed by atoms with Crippen molar-refractivity contribution < 1.29 is 18.7 Å². The second-order valence-corrected chi connectivity index (χ2v) is 11.2. The van der Waals surface area contributed by atoms with Crippen molar-refractivity contribution in [3.05, 3.63) is 87.4 Å². The maximum atomic E-state index is 14.4. The topological polar surface area (TPSA) is 49.9 Å². The van der Waals surface area contributed by atoms with Gasteiger partial charge < -0.3 is 14.5 Å². The Morgan fingerprint density at radius 1 is 1.08 bits per heavy atom. The molecule has 1 aliphatic rings. The first-order chi connectivity index (χ1) is 17.7. The molecule has 1 unspecified atom stereocenters. The van der Waals surface area contributed by atoms with Crippen LogP contribution < -0.4 is 4.74 Å². The van der Waals surface area contributed by atoms with Crippen molar-refractivity contribution >= 4 is 23.2 Å². The highest BCUT2D eigenvalue weighted by Gasteiger charge is 2.34. The second kappa shape index (κ2) is 11.9. The molecule has 0 aliphatic carbocycles. The molecule has 2 aromatic carbocycles. The number of thiophene rings is 1. The first kappa shape index (κ1) is 26.9. The minimum absolute atomic E-state index is 0.0144. The van der Waals surface area contributed by atoms with Crippen molar-refractivity contribution in [2.75, 3.05) is 26.2 Å². The summed E-state index contributed by atoms with van der Waals surface area (Å²) in [7, 11) is 0. The molecule has 196 valence electrons. The zero-order chi connectivity index (χ0) is 26.5. The summed E-state index contributed by atoms with van der Waals surface area (Å²) < 4.78 is 20.6. The monoisotopic (exact) mass is 522 g/mol. The summed E-state index contributed by atoms with van der Waals surface area (Å²) in [5, 5.41) is 2.05. The van der Waals surface area contributed by atoms with Gasteiger partial charge in [-0.25, -0.2) is 4.39 Å². The molecule has 0 radical (unpaired) electrons. The molecule has 0 spiro atoms. The third kappa shape index (κ3) is 6.39. The summed E-state index contributed by atoms with van der Waals surface area (Å²) in [6.07, 6.45) is 0.768. The van der Waals surface area contributed by atoms with Crippen LogP contribution in [0.25, 0.3) is 0 Å². The first-order valence-corrected chi connectivity index (χ1v) is 13.7. The molecule has 3 aromatic rings. The molecule has 5 nitrogen and oxygen atoms in total. The van der Waals surface area contributed by atoms with E-state index in [4.69, 9.17) is 4.74 Å². The van der Waals surface area contributed by atoms with Gasteiger partial charge >= 0.3 is 0 Å². The lowest BCUT2D eigenvalue weighted by atomic mass is 10.00. The van der Waals surface area contributed by atoms with Gasteiger partial charge in [0.15, 0.2) is 0 Å². The van der Waals surface area contributed by atoms with Crippen LogP contribution in [-0.4, -0.2) is 47.9 Å². The van der Waals surface area contributed by atoms with Gasteiger partial charge in [0.25, 0.3) is 5.91 Å². The number of nitrogens with zero attached hydrogens (tertiary/aromatic N) is 2. The average Bonchev–Trinajstić information content (AvgIpc) is 3.36. The Morgan fingerprint density at radius 2 is 1.81 bits per heavy atom. The van der Waals surface area contributed by atoms with Crippen LogP contribution in [0.2, 0.25) is 0 Å². The third-order valence-electron chi connectivity index (χ3n) is 6.67. The highest BCUT2D eigenvalue weighted by atomic mass is 32.1. The Bertz CT molecular complexity index is 1220. The number of ether oxygens (including phenoxy) is 1. The number of carbonyl (C=O) groups excluding carboxylic acids is 2. The van der Waals surface area contributed by atoms with Crippen LogP contribution >= 0.6 is 11.3 Å². The number of fused-ring (bicyclic) bond motifs is 1. The van der Waals surface area contributed by atoms with E-state index in [1.807, 2.05) is 30.9 Å². The van der Waals surface area contributed by atoms with Crippen LogP contribution in [0.5, 0.6) is 5.75 Å². The lowest BCUT2D eigenvalue weighted by Crippen LogP contribution is -2.48. The van der Waals surface area contributed by atoms with E-state index in [1.54, 1.807) is 23.5 Å². The highest BCUT2D eigenvalue weighted by molar-refractivity contribution is 7.10. The number of benzene rings is 2. The van der Waals surface area contributed by atoms with Gasteiger partial charge in [-0.15, -0.1) is 11.3 Å². The molecule has 0 saturated heterocycles. The Kier molecular flexibility index (Phi) is 8.64. The predicted molar refractivity (Wildman–Crippen MR) is 146 cm³/mol. The van der Waals surface area contributed by atoms with E-state index < -0.39 is 11.7 Å². The number of halogens is 1. The summed E-state index contributed by atoms with van der Waals surface area (Å²) >= 11 is 1.70. The Hall–Kier alpha value is -3.19. The van der Waals surface area contributed by atoms with Gasteiger partial charge in [0.05, 0.1) is 11.6 Å². The van der Waals surface area contributed by atoms with Gasteiger partial charge in [-0.3, -0.25) is 9.59 Å². The number of hydrogen-bond donors (Lipinski definition) is 0. The number of rotatable bonds is 9. The smallest absolute Gasteiger partial charge is 0.257 e. The van der Waals surface area contributed by atoms with Crippen molar-refractivity contribution in [1.29, 1.82) is 0 Å². The van der Waals surface area contributed by atoms with Crippen molar-refractivity contribution in [2.24, 2.45) is 5.92 Å². The second-order valence-electron chi connectivity index (χ2n) is 10.2. The summed E-state index contributed by atoms with van der Waals surface area (Å²) in [5.41, 5.74) is 2.32. The first-order valence-electron chi connectivity index (χ1n) is 12.9.